The normalized spacial score (nSPS) is 17.4. The highest BCUT2D eigenvalue weighted by atomic mass is 32.2. The summed E-state index contributed by atoms with van der Waals surface area (Å²) in [6.07, 6.45) is 1.19. The number of hydrogen-bond donors (Lipinski definition) is 2. The Morgan fingerprint density at radius 1 is 1.60 bits per heavy atom. The maximum absolute atomic E-state index is 12.0. The fourth-order valence-corrected chi connectivity index (χ4v) is 2.74. The first-order valence-electron chi connectivity index (χ1n) is 6.51. The number of amides is 1. The molecule has 2 N–H and O–H groups in total. The SMILES string of the molecule is N#CCCCOc1cccc(NC(=O)C2CSCN2)c1. The molecule has 0 saturated carbocycles. The molecule has 1 aliphatic heterocycles. The second-order valence-corrected chi connectivity index (χ2v) is 5.43. The fourth-order valence-electron chi connectivity index (χ4n) is 1.80. The van der Waals surface area contributed by atoms with Crippen molar-refractivity contribution < 1.29 is 9.53 Å². The predicted molar refractivity (Wildman–Crippen MR) is 79.7 cm³/mol. The number of nitrogens with one attached hydrogen (secondary N) is 2. The zero-order valence-corrected chi connectivity index (χ0v) is 11.9. The molecule has 20 heavy (non-hydrogen) atoms. The number of nitriles is 1. The lowest BCUT2D eigenvalue weighted by molar-refractivity contribution is -0.117. The Hall–Kier alpha value is -1.71. The van der Waals surface area contributed by atoms with E-state index in [9.17, 15) is 4.79 Å². The molecular weight excluding hydrogens is 274 g/mol. The van der Waals surface area contributed by atoms with Gasteiger partial charge in [-0.15, -0.1) is 11.8 Å². The number of benzene rings is 1. The van der Waals surface area contributed by atoms with Crippen LogP contribution in [0.5, 0.6) is 5.75 Å². The first-order chi connectivity index (χ1) is 9.79. The first kappa shape index (κ1) is 14.7. The molecule has 0 radical (unpaired) electrons. The van der Waals surface area contributed by atoms with Crippen molar-refractivity contribution in [1.82, 2.24) is 5.32 Å². The van der Waals surface area contributed by atoms with E-state index in [4.69, 9.17) is 10.00 Å². The number of hydrogen-bond acceptors (Lipinski definition) is 5. The summed E-state index contributed by atoms with van der Waals surface area (Å²) in [5.41, 5.74) is 0.728. The summed E-state index contributed by atoms with van der Waals surface area (Å²) in [7, 11) is 0. The molecule has 1 saturated heterocycles. The van der Waals surface area contributed by atoms with Gasteiger partial charge in [-0.25, -0.2) is 0 Å². The summed E-state index contributed by atoms with van der Waals surface area (Å²) in [5.74, 6) is 2.31. The number of rotatable bonds is 6. The van der Waals surface area contributed by atoms with Gasteiger partial charge in [0.1, 0.15) is 5.75 Å². The highest BCUT2D eigenvalue weighted by Gasteiger charge is 2.22. The average molecular weight is 291 g/mol. The summed E-state index contributed by atoms with van der Waals surface area (Å²) < 4.78 is 5.53. The highest BCUT2D eigenvalue weighted by molar-refractivity contribution is 7.99. The van der Waals surface area contributed by atoms with E-state index in [0.717, 1.165) is 17.3 Å². The van der Waals surface area contributed by atoms with Crippen LogP contribution in [0, 0.1) is 11.3 Å². The number of anilines is 1. The Labute approximate surface area is 122 Å². The van der Waals surface area contributed by atoms with Gasteiger partial charge in [-0.1, -0.05) is 6.07 Å². The summed E-state index contributed by atoms with van der Waals surface area (Å²) in [6.45, 7) is 0.506. The molecule has 0 aromatic heterocycles. The number of unbranched alkanes of at least 4 members (excludes halogenated alkanes) is 1. The van der Waals surface area contributed by atoms with E-state index in [1.54, 1.807) is 17.8 Å². The van der Waals surface area contributed by atoms with E-state index < -0.39 is 0 Å². The van der Waals surface area contributed by atoms with Gasteiger partial charge in [-0.3, -0.25) is 10.1 Å². The van der Waals surface area contributed by atoms with Gasteiger partial charge in [-0.05, 0) is 18.6 Å². The van der Waals surface area contributed by atoms with Crippen LogP contribution in [0.2, 0.25) is 0 Å². The molecule has 1 aliphatic rings. The molecule has 5 nitrogen and oxygen atoms in total. The minimum atomic E-state index is -0.125. The zero-order chi connectivity index (χ0) is 14.2. The van der Waals surface area contributed by atoms with Gasteiger partial charge in [-0.2, -0.15) is 5.26 Å². The van der Waals surface area contributed by atoms with Crippen LogP contribution >= 0.6 is 11.8 Å². The van der Waals surface area contributed by atoms with E-state index in [2.05, 4.69) is 16.7 Å². The molecular formula is C14H17N3O2S. The van der Waals surface area contributed by atoms with Crippen LogP contribution in [-0.2, 0) is 4.79 Å². The lowest BCUT2D eigenvalue weighted by Crippen LogP contribution is -2.37. The zero-order valence-electron chi connectivity index (χ0n) is 11.1. The molecule has 0 spiro atoms. The topological polar surface area (TPSA) is 74.1 Å². The van der Waals surface area contributed by atoms with E-state index in [0.29, 0.717) is 25.2 Å². The van der Waals surface area contributed by atoms with E-state index in [1.165, 1.54) is 0 Å². The van der Waals surface area contributed by atoms with Gasteiger partial charge < -0.3 is 10.1 Å². The second kappa shape index (κ2) is 7.78. The van der Waals surface area contributed by atoms with Gasteiger partial charge in [0.05, 0.1) is 18.7 Å². The van der Waals surface area contributed by atoms with E-state index >= 15 is 0 Å². The molecule has 1 aromatic carbocycles. The summed E-state index contributed by atoms with van der Waals surface area (Å²) in [6, 6.07) is 9.26. The maximum atomic E-state index is 12.0. The van der Waals surface area contributed by atoms with Crippen molar-refractivity contribution >= 4 is 23.4 Å². The van der Waals surface area contributed by atoms with Crippen LogP contribution in [0.1, 0.15) is 12.8 Å². The molecule has 1 aromatic rings. The number of carbonyl (C=O) groups is 1. The van der Waals surface area contributed by atoms with Crippen molar-refractivity contribution in [1.29, 1.82) is 5.26 Å². The monoisotopic (exact) mass is 291 g/mol. The van der Waals surface area contributed by atoms with Crippen molar-refractivity contribution in [2.24, 2.45) is 0 Å². The fraction of sp³-hybridized carbons (Fsp3) is 0.429. The third-order valence-corrected chi connectivity index (χ3v) is 3.78. The lowest BCUT2D eigenvalue weighted by Gasteiger charge is -2.12. The predicted octanol–water partition coefficient (Wildman–Crippen LogP) is 1.97. The van der Waals surface area contributed by atoms with Crippen molar-refractivity contribution in [3.8, 4) is 11.8 Å². The molecule has 0 bridgehead atoms. The third-order valence-electron chi connectivity index (χ3n) is 2.84. The summed E-state index contributed by atoms with van der Waals surface area (Å²) in [4.78, 5) is 12.0. The lowest BCUT2D eigenvalue weighted by atomic mass is 10.2. The van der Waals surface area contributed by atoms with E-state index in [-0.39, 0.29) is 11.9 Å². The molecule has 0 aliphatic carbocycles. The third kappa shape index (κ3) is 4.44. The van der Waals surface area contributed by atoms with Crippen LogP contribution in [0.15, 0.2) is 24.3 Å². The number of ether oxygens (including phenoxy) is 1. The van der Waals surface area contributed by atoms with Gasteiger partial charge in [0, 0.05) is 29.8 Å². The van der Waals surface area contributed by atoms with Crippen LogP contribution in [0.25, 0.3) is 0 Å². The Balaban J connectivity index is 1.85. The maximum Gasteiger partial charge on any atom is 0.242 e. The molecule has 6 heteroatoms. The molecule has 1 atom stereocenters. The summed E-state index contributed by atoms with van der Waals surface area (Å²) in [5, 5.41) is 14.5. The second-order valence-electron chi connectivity index (χ2n) is 4.40. The molecule has 1 fully saturated rings. The van der Waals surface area contributed by atoms with Crippen LogP contribution in [0.3, 0.4) is 0 Å². The molecule has 1 amide bonds. The van der Waals surface area contributed by atoms with Gasteiger partial charge in [0.25, 0.3) is 0 Å². The van der Waals surface area contributed by atoms with Crippen molar-refractivity contribution in [2.75, 3.05) is 23.6 Å². The summed E-state index contributed by atoms with van der Waals surface area (Å²) >= 11 is 1.72. The van der Waals surface area contributed by atoms with Gasteiger partial charge >= 0.3 is 0 Å². The Kier molecular flexibility index (Phi) is 5.71. The largest absolute Gasteiger partial charge is 0.493 e. The Morgan fingerprint density at radius 2 is 2.50 bits per heavy atom. The van der Waals surface area contributed by atoms with Crippen LogP contribution in [0.4, 0.5) is 5.69 Å². The van der Waals surface area contributed by atoms with Gasteiger partial charge in [0.2, 0.25) is 5.91 Å². The van der Waals surface area contributed by atoms with Crippen molar-refractivity contribution in [3.05, 3.63) is 24.3 Å². The highest BCUT2D eigenvalue weighted by Crippen LogP contribution is 2.19. The molecule has 1 heterocycles. The number of nitrogens with zero attached hydrogens (tertiary/aromatic N) is 1. The number of carbonyl (C=O) groups excluding carboxylic acids is 1. The smallest absolute Gasteiger partial charge is 0.242 e. The van der Waals surface area contributed by atoms with Crippen LogP contribution < -0.4 is 15.4 Å². The van der Waals surface area contributed by atoms with Crippen molar-refractivity contribution in [2.45, 2.75) is 18.9 Å². The molecule has 2 rings (SSSR count). The van der Waals surface area contributed by atoms with Gasteiger partial charge in [0.15, 0.2) is 0 Å². The quantitative estimate of drug-likeness (QED) is 0.784. The van der Waals surface area contributed by atoms with E-state index in [1.807, 2.05) is 18.2 Å². The minimum absolute atomic E-state index is 0.0170. The Bertz CT molecular complexity index is 495. The minimum Gasteiger partial charge on any atom is -0.493 e. The molecule has 106 valence electrons. The molecule has 1 unspecified atom stereocenters. The number of thioether (sulfide) groups is 1. The Morgan fingerprint density at radius 3 is 3.25 bits per heavy atom. The first-order valence-corrected chi connectivity index (χ1v) is 7.67. The average Bonchev–Trinajstić information content (AvgIpc) is 2.98. The standard InChI is InChI=1S/C14H17N3O2S/c15-6-1-2-7-19-12-5-3-4-11(8-12)17-14(18)13-9-20-10-16-13/h3-5,8,13,16H,1-2,7,9-10H2,(H,17,18). The van der Waals surface area contributed by atoms with Crippen molar-refractivity contribution in [3.63, 3.8) is 0 Å². The van der Waals surface area contributed by atoms with Crippen LogP contribution in [-0.4, -0.2) is 30.2 Å².